The molecule has 2 aromatic rings. The summed E-state index contributed by atoms with van der Waals surface area (Å²) in [4.78, 5) is 0. The Labute approximate surface area is 115 Å². The minimum atomic E-state index is -0.345. The number of rotatable bonds is 2. The second-order valence-electron chi connectivity index (χ2n) is 3.48. The summed E-state index contributed by atoms with van der Waals surface area (Å²) in [6, 6.07) is 9.99. The van der Waals surface area contributed by atoms with Gasteiger partial charge in [0.25, 0.3) is 0 Å². The molecule has 0 atom stereocenters. The van der Waals surface area contributed by atoms with Crippen molar-refractivity contribution < 1.29 is 4.39 Å². The van der Waals surface area contributed by atoms with E-state index < -0.39 is 0 Å². The van der Waals surface area contributed by atoms with Crippen LogP contribution in [-0.2, 0) is 0 Å². The number of nitrogens with two attached hydrogens (primary N) is 1. The lowest BCUT2D eigenvalue weighted by Crippen LogP contribution is -1.97. The molecule has 2 nitrogen and oxygen atoms in total. The number of hydrogen-bond acceptors (Lipinski definition) is 2. The van der Waals surface area contributed by atoms with Gasteiger partial charge in [-0.1, -0.05) is 15.9 Å². The van der Waals surface area contributed by atoms with Gasteiger partial charge in [0.15, 0.2) is 0 Å². The molecule has 0 aliphatic carbocycles. The van der Waals surface area contributed by atoms with Crippen molar-refractivity contribution in [1.82, 2.24) is 0 Å². The van der Waals surface area contributed by atoms with Gasteiger partial charge in [-0.15, -0.1) is 0 Å². The fraction of sp³-hybridized carbons (Fsp3) is 0. The summed E-state index contributed by atoms with van der Waals surface area (Å²) in [5, 5.41) is 3.14. The number of anilines is 3. The SMILES string of the molecule is Nc1cc(F)ccc1Nc1ccc(Br)cc1Br. The summed E-state index contributed by atoms with van der Waals surface area (Å²) in [5.41, 5.74) is 7.64. The van der Waals surface area contributed by atoms with Gasteiger partial charge in [0.2, 0.25) is 0 Å². The molecule has 0 saturated carbocycles. The molecule has 17 heavy (non-hydrogen) atoms. The molecule has 2 aromatic carbocycles. The molecule has 88 valence electrons. The van der Waals surface area contributed by atoms with Gasteiger partial charge in [0, 0.05) is 8.95 Å². The number of benzene rings is 2. The van der Waals surface area contributed by atoms with E-state index in [2.05, 4.69) is 37.2 Å². The lowest BCUT2D eigenvalue weighted by molar-refractivity contribution is 0.628. The lowest BCUT2D eigenvalue weighted by Gasteiger charge is -2.11. The average molecular weight is 360 g/mol. The standard InChI is InChI=1S/C12H9Br2FN2/c13-7-1-3-11(9(14)5-7)17-12-4-2-8(15)6-10(12)16/h1-6,17H,16H2. The van der Waals surface area contributed by atoms with E-state index in [9.17, 15) is 4.39 Å². The predicted molar refractivity (Wildman–Crippen MR) is 75.9 cm³/mol. The summed E-state index contributed by atoms with van der Waals surface area (Å²) >= 11 is 6.81. The second-order valence-corrected chi connectivity index (χ2v) is 5.25. The third kappa shape index (κ3) is 2.98. The van der Waals surface area contributed by atoms with Crippen molar-refractivity contribution in [2.75, 3.05) is 11.1 Å². The predicted octanol–water partition coefficient (Wildman–Crippen LogP) is 4.68. The zero-order valence-electron chi connectivity index (χ0n) is 8.68. The van der Waals surface area contributed by atoms with Gasteiger partial charge in [-0.05, 0) is 52.3 Å². The second kappa shape index (κ2) is 5.06. The maximum atomic E-state index is 12.9. The van der Waals surface area contributed by atoms with Crippen molar-refractivity contribution in [1.29, 1.82) is 0 Å². The Morgan fingerprint density at radius 3 is 2.35 bits per heavy atom. The molecule has 0 fully saturated rings. The Hall–Kier alpha value is -1.07. The molecule has 0 unspecified atom stereocenters. The first kappa shape index (κ1) is 12.4. The summed E-state index contributed by atoms with van der Waals surface area (Å²) in [6.45, 7) is 0. The molecule has 2 rings (SSSR count). The van der Waals surface area contributed by atoms with Crippen molar-refractivity contribution in [2.24, 2.45) is 0 Å². The molecule has 0 spiro atoms. The highest BCUT2D eigenvalue weighted by molar-refractivity contribution is 9.11. The van der Waals surface area contributed by atoms with Gasteiger partial charge in [0.05, 0.1) is 17.1 Å². The van der Waals surface area contributed by atoms with Crippen LogP contribution in [0.25, 0.3) is 0 Å². The Morgan fingerprint density at radius 2 is 1.71 bits per heavy atom. The smallest absolute Gasteiger partial charge is 0.125 e. The van der Waals surface area contributed by atoms with Crippen LogP contribution in [0, 0.1) is 5.82 Å². The summed E-state index contributed by atoms with van der Waals surface area (Å²) < 4.78 is 14.8. The summed E-state index contributed by atoms with van der Waals surface area (Å²) in [5.74, 6) is -0.345. The van der Waals surface area contributed by atoms with E-state index in [-0.39, 0.29) is 5.82 Å². The number of nitrogen functional groups attached to an aromatic ring is 1. The maximum absolute atomic E-state index is 12.9. The van der Waals surface area contributed by atoms with E-state index in [0.717, 1.165) is 14.6 Å². The van der Waals surface area contributed by atoms with Crippen LogP contribution < -0.4 is 11.1 Å². The van der Waals surface area contributed by atoms with Crippen molar-refractivity contribution in [3.8, 4) is 0 Å². The Kier molecular flexibility index (Phi) is 3.69. The number of nitrogens with one attached hydrogen (secondary N) is 1. The number of halogens is 3. The monoisotopic (exact) mass is 358 g/mol. The van der Waals surface area contributed by atoms with Crippen LogP contribution >= 0.6 is 31.9 Å². The van der Waals surface area contributed by atoms with Gasteiger partial charge >= 0.3 is 0 Å². The first-order valence-corrected chi connectivity index (χ1v) is 6.42. The van der Waals surface area contributed by atoms with Crippen molar-refractivity contribution in [2.45, 2.75) is 0 Å². The molecule has 0 aliphatic heterocycles. The van der Waals surface area contributed by atoms with Crippen LogP contribution in [0.4, 0.5) is 21.5 Å². The van der Waals surface area contributed by atoms with Crippen molar-refractivity contribution in [3.63, 3.8) is 0 Å². The molecular formula is C12H9Br2FN2. The van der Waals surface area contributed by atoms with Crippen LogP contribution in [0.1, 0.15) is 0 Å². The minimum absolute atomic E-state index is 0.345. The molecule has 0 radical (unpaired) electrons. The molecule has 0 aromatic heterocycles. The molecule has 5 heteroatoms. The molecular weight excluding hydrogens is 351 g/mol. The Bertz CT molecular complexity index is 509. The van der Waals surface area contributed by atoms with Gasteiger partial charge in [-0.3, -0.25) is 0 Å². The van der Waals surface area contributed by atoms with E-state index in [0.29, 0.717) is 11.4 Å². The van der Waals surface area contributed by atoms with Gasteiger partial charge in [-0.25, -0.2) is 4.39 Å². The van der Waals surface area contributed by atoms with Gasteiger partial charge in [0.1, 0.15) is 5.82 Å². The largest absolute Gasteiger partial charge is 0.397 e. The van der Waals surface area contributed by atoms with E-state index >= 15 is 0 Å². The highest BCUT2D eigenvalue weighted by Crippen LogP contribution is 2.31. The third-order valence-electron chi connectivity index (χ3n) is 2.21. The zero-order chi connectivity index (χ0) is 12.4. The topological polar surface area (TPSA) is 38.0 Å². The highest BCUT2D eigenvalue weighted by Gasteiger charge is 2.04. The maximum Gasteiger partial charge on any atom is 0.125 e. The van der Waals surface area contributed by atoms with E-state index in [4.69, 9.17) is 5.73 Å². The first-order valence-electron chi connectivity index (χ1n) is 4.83. The highest BCUT2D eigenvalue weighted by atomic mass is 79.9. The van der Waals surface area contributed by atoms with Gasteiger partial charge < -0.3 is 11.1 Å². The zero-order valence-corrected chi connectivity index (χ0v) is 11.8. The van der Waals surface area contributed by atoms with E-state index in [1.54, 1.807) is 6.07 Å². The fourth-order valence-corrected chi connectivity index (χ4v) is 2.53. The van der Waals surface area contributed by atoms with Crippen LogP contribution in [0.2, 0.25) is 0 Å². The van der Waals surface area contributed by atoms with E-state index in [1.807, 2.05) is 18.2 Å². The average Bonchev–Trinajstić information content (AvgIpc) is 2.25. The Morgan fingerprint density at radius 1 is 1.00 bits per heavy atom. The molecule has 0 aliphatic rings. The van der Waals surface area contributed by atoms with Crippen LogP contribution in [-0.4, -0.2) is 0 Å². The van der Waals surface area contributed by atoms with Crippen molar-refractivity contribution >= 4 is 48.9 Å². The van der Waals surface area contributed by atoms with Crippen LogP contribution in [0.3, 0.4) is 0 Å². The fourth-order valence-electron chi connectivity index (χ4n) is 1.38. The molecule has 3 N–H and O–H groups in total. The first-order chi connectivity index (χ1) is 8.06. The molecule has 0 saturated heterocycles. The molecule has 0 amide bonds. The van der Waals surface area contributed by atoms with Crippen LogP contribution in [0.15, 0.2) is 45.3 Å². The minimum Gasteiger partial charge on any atom is -0.397 e. The van der Waals surface area contributed by atoms with Gasteiger partial charge in [-0.2, -0.15) is 0 Å². The third-order valence-corrected chi connectivity index (χ3v) is 3.36. The summed E-state index contributed by atoms with van der Waals surface area (Å²) in [7, 11) is 0. The molecule has 0 heterocycles. The molecule has 0 bridgehead atoms. The number of hydrogen-bond donors (Lipinski definition) is 2. The lowest BCUT2D eigenvalue weighted by atomic mass is 10.2. The quantitative estimate of drug-likeness (QED) is 0.764. The summed E-state index contributed by atoms with van der Waals surface area (Å²) in [6.07, 6.45) is 0. The normalized spacial score (nSPS) is 10.3. The van der Waals surface area contributed by atoms with Crippen molar-refractivity contribution in [3.05, 3.63) is 51.2 Å². The van der Waals surface area contributed by atoms with Crippen LogP contribution in [0.5, 0.6) is 0 Å². The van der Waals surface area contributed by atoms with E-state index in [1.165, 1.54) is 12.1 Å². The Balaban J connectivity index is 2.31.